The van der Waals surface area contributed by atoms with Crippen LogP contribution < -0.4 is 22.1 Å². The molecule has 1 rings (SSSR count). The Kier molecular flexibility index (Phi) is 10.00. The fourth-order valence-corrected chi connectivity index (χ4v) is 3.18. The topological polar surface area (TPSA) is 242 Å². The van der Waals surface area contributed by atoms with Crippen molar-refractivity contribution in [3.63, 3.8) is 0 Å². The van der Waals surface area contributed by atoms with E-state index in [1.165, 1.54) is 11.8 Å². The second-order valence-corrected chi connectivity index (χ2v) is 7.52. The first-order valence-electron chi connectivity index (χ1n) is 9.92. The van der Waals surface area contributed by atoms with E-state index in [0.717, 1.165) is 0 Å². The third-order valence-electron chi connectivity index (χ3n) is 4.94. The highest BCUT2D eigenvalue weighted by molar-refractivity contribution is 5.96. The van der Waals surface area contributed by atoms with Crippen LogP contribution in [-0.2, 0) is 28.8 Å². The number of hydrogen-bond donors (Lipinski definition) is 7. The van der Waals surface area contributed by atoms with Crippen molar-refractivity contribution in [2.24, 2.45) is 11.5 Å². The molecule has 0 spiro atoms. The smallest absolute Gasteiger partial charge is 0.326 e. The van der Waals surface area contributed by atoms with E-state index in [1.54, 1.807) is 0 Å². The molecule has 4 amide bonds. The van der Waals surface area contributed by atoms with Gasteiger partial charge in [0.1, 0.15) is 24.2 Å². The first kappa shape index (κ1) is 26.8. The maximum Gasteiger partial charge on any atom is 0.326 e. The molecule has 1 aliphatic heterocycles. The first-order valence-corrected chi connectivity index (χ1v) is 9.92. The molecule has 0 aromatic carbocycles. The second-order valence-electron chi connectivity index (χ2n) is 7.52. The Morgan fingerprint density at radius 3 is 2.22 bits per heavy atom. The fraction of sp³-hybridized carbons (Fsp3) is 0.667. The van der Waals surface area contributed by atoms with Crippen molar-refractivity contribution in [1.82, 2.24) is 15.5 Å². The average molecular weight is 459 g/mol. The number of aliphatic hydroxyl groups excluding tert-OH is 1. The maximum atomic E-state index is 12.7. The maximum absolute atomic E-state index is 12.7. The van der Waals surface area contributed by atoms with Crippen molar-refractivity contribution in [3.8, 4) is 0 Å². The molecule has 14 nitrogen and oxygen atoms in total. The summed E-state index contributed by atoms with van der Waals surface area (Å²) in [6, 6.07) is -5.38. The number of carboxylic acids is 2. The Balaban J connectivity index is 2.93. The third kappa shape index (κ3) is 7.77. The quantitative estimate of drug-likeness (QED) is 0.152. The Labute approximate surface area is 183 Å². The van der Waals surface area contributed by atoms with Gasteiger partial charge in [0.2, 0.25) is 23.6 Å². The predicted molar refractivity (Wildman–Crippen MR) is 107 cm³/mol. The number of aliphatic hydroxyl groups is 1. The minimum Gasteiger partial charge on any atom is -0.481 e. The number of nitrogens with one attached hydrogen (secondary N) is 2. The van der Waals surface area contributed by atoms with Crippen molar-refractivity contribution in [3.05, 3.63) is 0 Å². The van der Waals surface area contributed by atoms with Gasteiger partial charge in [-0.2, -0.15) is 0 Å². The highest BCUT2D eigenvalue weighted by atomic mass is 16.4. The highest BCUT2D eigenvalue weighted by Crippen LogP contribution is 2.19. The van der Waals surface area contributed by atoms with Crippen LogP contribution in [0.15, 0.2) is 0 Å². The molecule has 32 heavy (non-hydrogen) atoms. The van der Waals surface area contributed by atoms with Crippen LogP contribution in [0.25, 0.3) is 0 Å². The number of carbonyl (C=O) groups is 6. The molecule has 0 bridgehead atoms. The summed E-state index contributed by atoms with van der Waals surface area (Å²) in [7, 11) is 0. The van der Waals surface area contributed by atoms with Crippen LogP contribution in [0, 0.1) is 0 Å². The fourth-order valence-electron chi connectivity index (χ4n) is 3.18. The molecule has 0 aromatic heterocycles. The molecule has 9 N–H and O–H groups in total. The zero-order chi connectivity index (χ0) is 24.6. The molecule has 1 heterocycles. The van der Waals surface area contributed by atoms with E-state index in [9.17, 15) is 39.0 Å². The van der Waals surface area contributed by atoms with Crippen molar-refractivity contribution in [2.75, 3.05) is 6.54 Å². The summed E-state index contributed by atoms with van der Waals surface area (Å²) >= 11 is 0. The summed E-state index contributed by atoms with van der Waals surface area (Å²) in [6.45, 7) is 1.52. The van der Waals surface area contributed by atoms with E-state index < -0.39 is 85.1 Å². The number of carbonyl (C=O) groups excluding carboxylic acids is 4. The van der Waals surface area contributed by atoms with Crippen LogP contribution in [0.4, 0.5) is 0 Å². The van der Waals surface area contributed by atoms with E-state index in [4.69, 9.17) is 16.6 Å². The second kappa shape index (κ2) is 12.0. The number of primary amides is 1. The lowest BCUT2D eigenvalue weighted by Crippen LogP contribution is -2.58. The first-order chi connectivity index (χ1) is 14.8. The molecule has 14 heteroatoms. The number of rotatable bonds is 12. The number of amides is 4. The van der Waals surface area contributed by atoms with Crippen molar-refractivity contribution in [2.45, 2.75) is 69.3 Å². The van der Waals surface area contributed by atoms with Crippen molar-refractivity contribution in [1.29, 1.82) is 0 Å². The van der Waals surface area contributed by atoms with Gasteiger partial charge in [-0.15, -0.1) is 0 Å². The molecule has 5 atom stereocenters. The molecule has 5 unspecified atom stereocenters. The van der Waals surface area contributed by atoms with Crippen LogP contribution in [0.5, 0.6) is 0 Å². The summed E-state index contributed by atoms with van der Waals surface area (Å²) in [5.74, 6) is -6.22. The van der Waals surface area contributed by atoms with Crippen LogP contribution in [0.2, 0.25) is 0 Å². The Morgan fingerprint density at radius 2 is 1.72 bits per heavy atom. The van der Waals surface area contributed by atoms with Gasteiger partial charge in [-0.3, -0.25) is 24.0 Å². The SMILES string of the molecule is CC(O)C(N)C(=O)N1CCCC1C(=O)NC(CC(N)=O)C(=O)NC(CCC(=O)O)C(=O)O. The van der Waals surface area contributed by atoms with E-state index in [2.05, 4.69) is 10.6 Å². The molecular formula is C18H29N5O9. The molecule has 0 aliphatic carbocycles. The van der Waals surface area contributed by atoms with Crippen LogP contribution >= 0.6 is 0 Å². The Morgan fingerprint density at radius 1 is 1.09 bits per heavy atom. The Bertz CT molecular complexity index is 757. The third-order valence-corrected chi connectivity index (χ3v) is 4.94. The number of hydrogen-bond acceptors (Lipinski definition) is 8. The predicted octanol–water partition coefficient (Wildman–Crippen LogP) is -3.52. The summed E-state index contributed by atoms with van der Waals surface area (Å²) in [4.78, 5) is 72.2. The van der Waals surface area contributed by atoms with Gasteiger partial charge in [-0.25, -0.2) is 4.79 Å². The Hall–Kier alpha value is -3.26. The number of nitrogens with two attached hydrogens (primary N) is 2. The molecular weight excluding hydrogens is 430 g/mol. The van der Waals surface area contributed by atoms with Crippen molar-refractivity contribution >= 4 is 35.6 Å². The average Bonchev–Trinajstić information content (AvgIpc) is 3.18. The molecule has 1 fully saturated rings. The van der Waals surface area contributed by atoms with Gasteiger partial charge in [-0.1, -0.05) is 0 Å². The standard InChI is InChI=1S/C18H29N5O9/c1-8(24)14(20)17(30)23-6-2-3-11(23)16(29)22-10(7-12(19)25)15(28)21-9(18(31)32)4-5-13(26)27/h8-11,14,24H,2-7,20H2,1H3,(H2,19,25)(H,21,28)(H,22,29)(H,26,27)(H,31,32). The van der Waals surface area contributed by atoms with Gasteiger partial charge in [0.05, 0.1) is 12.5 Å². The molecule has 1 saturated heterocycles. The largest absolute Gasteiger partial charge is 0.481 e. The van der Waals surface area contributed by atoms with E-state index in [0.29, 0.717) is 6.42 Å². The normalized spacial score (nSPS) is 19.3. The summed E-state index contributed by atoms with van der Waals surface area (Å²) in [5, 5.41) is 31.8. The minimum absolute atomic E-state index is 0.195. The molecule has 0 radical (unpaired) electrons. The van der Waals surface area contributed by atoms with Gasteiger partial charge in [0, 0.05) is 13.0 Å². The lowest BCUT2D eigenvalue weighted by molar-refractivity contribution is -0.144. The van der Waals surface area contributed by atoms with Crippen LogP contribution in [0.3, 0.4) is 0 Å². The summed E-state index contributed by atoms with van der Waals surface area (Å²) < 4.78 is 0. The van der Waals surface area contributed by atoms with Crippen LogP contribution in [0.1, 0.15) is 39.0 Å². The van der Waals surface area contributed by atoms with Gasteiger partial charge in [-0.05, 0) is 26.2 Å². The van der Waals surface area contributed by atoms with Crippen molar-refractivity contribution < 1.29 is 44.1 Å². The number of likely N-dealkylation sites (tertiary alicyclic amines) is 1. The zero-order valence-electron chi connectivity index (χ0n) is 17.5. The highest BCUT2D eigenvalue weighted by Gasteiger charge is 2.39. The lowest BCUT2D eigenvalue weighted by Gasteiger charge is -2.29. The molecule has 0 aromatic rings. The van der Waals surface area contributed by atoms with Crippen LogP contribution in [-0.4, -0.2) is 92.6 Å². The molecule has 180 valence electrons. The van der Waals surface area contributed by atoms with Gasteiger partial charge in [0.25, 0.3) is 0 Å². The lowest BCUT2D eigenvalue weighted by atomic mass is 10.1. The van der Waals surface area contributed by atoms with Gasteiger partial charge < -0.3 is 42.3 Å². The molecule has 1 aliphatic rings. The number of nitrogens with zero attached hydrogens (tertiary/aromatic N) is 1. The van der Waals surface area contributed by atoms with E-state index in [1.807, 2.05) is 0 Å². The van der Waals surface area contributed by atoms with E-state index in [-0.39, 0.29) is 13.0 Å². The zero-order valence-corrected chi connectivity index (χ0v) is 17.5. The summed E-state index contributed by atoms with van der Waals surface area (Å²) in [6.07, 6.45) is -2.07. The minimum atomic E-state index is -1.57. The number of aliphatic carboxylic acids is 2. The summed E-state index contributed by atoms with van der Waals surface area (Å²) in [5.41, 5.74) is 10.8. The number of carboxylic acid groups (broad SMARTS) is 2. The van der Waals surface area contributed by atoms with Gasteiger partial charge in [0.15, 0.2) is 0 Å². The monoisotopic (exact) mass is 459 g/mol. The molecule has 0 saturated carbocycles. The van der Waals surface area contributed by atoms with Gasteiger partial charge >= 0.3 is 11.9 Å². The van der Waals surface area contributed by atoms with E-state index >= 15 is 0 Å².